The monoisotopic (exact) mass is 270 g/mol. The van der Waals surface area contributed by atoms with E-state index < -0.39 is 0 Å². The van der Waals surface area contributed by atoms with E-state index in [0.717, 1.165) is 5.69 Å². The third kappa shape index (κ3) is 2.19. The van der Waals surface area contributed by atoms with Gasteiger partial charge < -0.3 is 11.1 Å². The van der Waals surface area contributed by atoms with E-state index in [0.29, 0.717) is 11.4 Å². The van der Waals surface area contributed by atoms with Crippen LogP contribution in [0.1, 0.15) is 10.5 Å². The number of anilines is 2. The summed E-state index contributed by atoms with van der Waals surface area (Å²) >= 11 is 0. The summed E-state index contributed by atoms with van der Waals surface area (Å²) in [6, 6.07) is 7.04. The van der Waals surface area contributed by atoms with Crippen molar-refractivity contribution in [3.8, 4) is 5.69 Å². The highest BCUT2D eigenvalue weighted by molar-refractivity contribution is 6.06. The zero-order valence-corrected chi connectivity index (χ0v) is 10.2. The molecule has 0 aliphatic heterocycles. The second-order valence-corrected chi connectivity index (χ2v) is 3.96. The largest absolute Gasteiger partial charge is 0.396 e. The maximum absolute atomic E-state index is 11.9. The van der Waals surface area contributed by atoms with Crippen molar-refractivity contribution in [1.29, 1.82) is 0 Å². The Hall–Kier alpha value is -3.23. The molecule has 100 valence electrons. The number of tetrazole rings is 1. The van der Waals surface area contributed by atoms with Crippen LogP contribution < -0.4 is 11.1 Å². The molecule has 0 atom stereocenters. The van der Waals surface area contributed by atoms with Gasteiger partial charge in [0.15, 0.2) is 0 Å². The summed E-state index contributed by atoms with van der Waals surface area (Å²) in [6.45, 7) is 0. The molecule has 4 N–H and O–H groups in total. The molecule has 0 saturated carbocycles. The van der Waals surface area contributed by atoms with E-state index in [1.165, 1.54) is 17.2 Å². The lowest BCUT2D eigenvalue weighted by atomic mass is 10.2. The molecule has 0 bridgehead atoms. The van der Waals surface area contributed by atoms with Crippen LogP contribution in [0.15, 0.2) is 36.8 Å². The molecule has 0 unspecified atom stereocenters. The molecule has 0 radical (unpaired) electrons. The lowest BCUT2D eigenvalue weighted by Crippen LogP contribution is -2.14. The summed E-state index contributed by atoms with van der Waals surface area (Å²) in [5.41, 5.74) is 7.55. The Bertz CT molecular complexity index is 715. The minimum Gasteiger partial charge on any atom is -0.396 e. The molecule has 3 aromatic rings. The number of nitrogens with one attached hydrogen (secondary N) is 2. The summed E-state index contributed by atoms with van der Waals surface area (Å²) < 4.78 is 1.51. The minimum atomic E-state index is -0.352. The Morgan fingerprint density at radius 2 is 2.10 bits per heavy atom. The van der Waals surface area contributed by atoms with Gasteiger partial charge in [0.25, 0.3) is 5.91 Å². The van der Waals surface area contributed by atoms with Crippen LogP contribution >= 0.6 is 0 Å². The molecule has 1 amide bonds. The van der Waals surface area contributed by atoms with Crippen molar-refractivity contribution in [3.63, 3.8) is 0 Å². The molecule has 0 aliphatic carbocycles. The maximum Gasteiger partial charge on any atom is 0.275 e. The Balaban J connectivity index is 1.76. The number of carbonyl (C=O) groups is 1. The number of aromatic amines is 1. The van der Waals surface area contributed by atoms with Gasteiger partial charge in [0.2, 0.25) is 0 Å². The first kappa shape index (κ1) is 11.8. The number of hydrogen-bond acceptors (Lipinski definition) is 6. The van der Waals surface area contributed by atoms with Crippen LogP contribution in [0.2, 0.25) is 0 Å². The van der Waals surface area contributed by atoms with Gasteiger partial charge in [0.05, 0.1) is 17.6 Å². The molecule has 3 rings (SSSR count). The minimum absolute atomic E-state index is 0.231. The first-order chi connectivity index (χ1) is 9.74. The number of carbonyl (C=O) groups excluding carboxylic acids is 1. The zero-order valence-electron chi connectivity index (χ0n) is 10.2. The van der Waals surface area contributed by atoms with Crippen molar-refractivity contribution in [2.24, 2.45) is 0 Å². The number of aromatic nitrogens is 6. The predicted molar refractivity (Wildman–Crippen MR) is 70.1 cm³/mol. The van der Waals surface area contributed by atoms with Crippen LogP contribution in [0.3, 0.4) is 0 Å². The Morgan fingerprint density at radius 1 is 1.30 bits per heavy atom. The Morgan fingerprint density at radius 3 is 2.70 bits per heavy atom. The maximum atomic E-state index is 11.9. The topological polar surface area (TPSA) is 127 Å². The fourth-order valence-electron chi connectivity index (χ4n) is 1.65. The first-order valence-corrected chi connectivity index (χ1v) is 5.67. The van der Waals surface area contributed by atoms with Gasteiger partial charge in [-0.3, -0.25) is 9.89 Å². The van der Waals surface area contributed by atoms with Crippen molar-refractivity contribution in [2.45, 2.75) is 0 Å². The molecule has 2 heterocycles. The average Bonchev–Trinajstić information content (AvgIpc) is 3.10. The quantitative estimate of drug-likeness (QED) is 0.624. The predicted octanol–water partition coefficient (Wildman–Crippen LogP) is 0.220. The fourth-order valence-corrected chi connectivity index (χ4v) is 1.65. The van der Waals surface area contributed by atoms with Gasteiger partial charge >= 0.3 is 0 Å². The summed E-state index contributed by atoms with van der Waals surface area (Å²) in [4.78, 5) is 11.9. The highest BCUT2D eigenvalue weighted by Crippen LogP contribution is 2.14. The standard InChI is InChI=1S/C11H10N8O/c12-9-5-13-16-10(9)11(20)15-7-1-3-8(4-2-7)19-6-14-17-18-19/h1-6H,12H2,(H,13,16)(H,15,20). The van der Waals surface area contributed by atoms with Crippen LogP contribution in [0.4, 0.5) is 11.4 Å². The number of amides is 1. The van der Waals surface area contributed by atoms with Gasteiger partial charge in [-0.2, -0.15) is 5.10 Å². The van der Waals surface area contributed by atoms with Gasteiger partial charge in [-0.25, -0.2) is 4.68 Å². The van der Waals surface area contributed by atoms with E-state index in [9.17, 15) is 4.79 Å². The van der Waals surface area contributed by atoms with Crippen LogP contribution in [0, 0.1) is 0 Å². The third-order valence-electron chi connectivity index (χ3n) is 2.63. The number of rotatable bonds is 3. The van der Waals surface area contributed by atoms with Crippen molar-refractivity contribution in [2.75, 3.05) is 11.1 Å². The number of H-pyrrole nitrogens is 1. The van der Waals surface area contributed by atoms with Gasteiger partial charge in [-0.15, -0.1) is 5.10 Å². The summed E-state index contributed by atoms with van der Waals surface area (Å²) in [6.07, 6.45) is 2.87. The van der Waals surface area contributed by atoms with E-state index in [1.807, 2.05) is 0 Å². The normalized spacial score (nSPS) is 10.4. The average molecular weight is 270 g/mol. The van der Waals surface area contributed by atoms with Crippen LogP contribution in [0.5, 0.6) is 0 Å². The van der Waals surface area contributed by atoms with Crippen LogP contribution in [-0.4, -0.2) is 36.3 Å². The highest BCUT2D eigenvalue weighted by Gasteiger charge is 2.11. The SMILES string of the molecule is Nc1cn[nH]c1C(=O)Nc1ccc(-n2cnnn2)cc1. The molecule has 2 aromatic heterocycles. The molecular formula is C11H10N8O. The number of nitrogens with two attached hydrogens (primary N) is 1. The lowest BCUT2D eigenvalue weighted by molar-refractivity contribution is 0.102. The summed E-state index contributed by atoms with van der Waals surface area (Å²) in [5, 5.41) is 19.8. The van der Waals surface area contributed by atoms with Crippen LogP contribution in [-0.2, 0) is 0 Å². The second kappa shape index (κ2) is 4.80. The molecule has 0 spiro atoms. The lowest BCUT2D eigenvalue weighted by Gasteiger charge is -2.05. The molecule has 0 saturated heterocycles. The van der Waals surface area contributed by atoms with E-state index in [4.69, 9.17) is 5.73 Å². The van der Waals surface area contributed by atoms with Crippen molar-refractivity contribution in [3.05, 3.63) is 42.5 Å². The Labute approximate surface area is 112 Å². The molecule has 9 nitrogen and oxygen atoms in total. The second-order valence-electron chi connectivity index (χ2n) is 3.96. The van der Waals surface area contributed by atoms with E-state index in [-0.39, 0.29) is 11.6 Å². The molecular weight excluding hydrogens is 260 g/mol. The van der Waals surface area contributed by atoms with Crippen molar-refractivity contribution in [1.82, 2.24) is 30.4 Å². The van der Waals surface area contributed by atoms with Gasteiger partial charge in [0.1, 0.15) is 12.0 Å². The van der Waals surface area contributed by atoms with Crippen molar-refractivity contribution >= 4 is 17.3 Å². The number of benzene rings is 1. The van der Waals surface area contributed by atoms with Gasteiger partial charge in [-0.05, 0) is 34.7 Å². The molecule has 0 aliphatic rings. The van der Waals surface area contributed by atoms with Crippen LogP contribution in [0.25, 0.3) is 5.69 Å². The fraction of sp³-hybridized carbons (Fsp3) is 0. The highest BCUT2D eigenvalue weighted by atomic mass is 16.2. The van der Waals surface area contributed by atoms with E-state index >= 15 is 0 Å². The van der Waals surface area contributed by atoms with E-state index in [1.54, 1.807) is 24.3 Å². The molecule has 1 aromatic carbocycles. The summed E-state index contributed by atoms with van der Waals surface area (Å²) in [7, 11) is 0. The number of nitrogens with zero attached hydrogens (tertiary/aromatic N) is 5. The molecule has 9 heteroatoms. The smallest absolute Gasteiger partial charge is 0.275 e. The first-order valence-electron chi connectivity index (χ1n) is 5.67. The third-order valence-corrected chi connectivity index (χ3v) is 2.63. The summed E-state index contributed by atoms with van der Waals surface area (Å²) in [5.74, 6) is -0.352. The van der Waals surface area contributed by atoms with Crippen molar-refractivity contribution < 1.29 is 4.79 Å². The van der Waals surface area contributed by atoms with E-state index in [2.05, 4.69) is 31.0 Å². The molecule has 0 fully saturated rings. The molecule has 20 heavy (non-hydrogen) atoms. The van der Waals surface area contributed by atoms with Gasteiger partial charge in [-0.1, -0.05) is 0 Å². The zero-order chi connectivity index (χ0) is 13.9. The number of nitrogen functional groups attached to an aromatic ring is 1. The Kier molecular flexibility index (Phi) is 2.84. The van der Waals surface area contributed by atoms with Gasteiger partial charge in [0, 0.05) is 5.69 Å². The number of hydrogen-bond donors (Lipinski definition) is 3.